The number of esters is 1. The molecule has 0 aromatic heterocycles. The fraction of sp³-hybridized carbons (Fsp3) is 0.500. The summed E-state index contributed by atoms with van der Waals surface area (Å²) in [4.78, 5) is 23.7. The maximum absolute atomic E-state index is 12.1. The first-order valence-electron chi connectivity index (χ1n) is 6.83. The smallest absolute Gasteiger partial charge is 0.307 e. The van der Waals surface area contributed by atoms with E-state index in [9.17, 15) is 9.59 Å². The predicted molar refractivity (Wildman–Crippen MR) is 85.7 cm³/mol. The van der Waals surface area contributed by atoms with Gasteiger partial charge < -0.3 is 10.1 Å². The summed E-state index contributed by atoms with van der Waals surface area (Å²) in [6, 6.07) is 7.17. The Morgan fingerprint density at radius 2 is 2.00 bits per heavy atom. The highest BCUT2D eigenvalue weighted by Crippen LogP contribution is 2.23. The number of carbonyl (C=O) groups excluding carboxylic acids is 2. The van der Waals surface area contributed by atoms with Crippen molar-refractivity contribution in [1.82, 2.24) is 5.32 Å². The Kier molecular flexibility index (Phi) is 6.40. The van der Waals surface area contributed by atoms with Crippen molar-refractivity contribution in [1.29, 1.82) is 0 Å². The third-order valence-corrected chi connectivity index (χ3v) is 3.37. The molecule has 5 heteroatoms. The minimum absolute atomic E-state index is 0.0728. The molecule has 0 heterocycles. The molecule has 1 atom stereocenters. The van der Waals surface area contributed by atoms with Crippen LogP contribution in [0.25, 0.3) is 0 Å². The SMILES string of the molecule is COC(=O)C[C@H](NC(=O)CC(C)(C)C)c1cccc(Br)c1. The number of rotatable bonds is 5. The van der Waals surface area contributed by atoms with Crippen LogP contribution in [-0.2, 0) is 14.3 Å². The van der Waals surface area contributed by atoms with Gasteiger partial charge in [-0.25, -0.2) is 0 Å². The molecule has 0 radical (unpaired) electrons. The molecule has 116 valence electrons. The minimum Gasteiger partial charge on any atom is -0.469 e. The van der Waals surface area contributed by atoms with Gasteiger partial charge in [0.2, 0.25) is 5.91 Å². The topological polar surface area (TPSA) is 55.4 Å². The standard InChI is InChI=1S/C16H22BrNO3/c1-16(2,3)10-14(19)18-13(9-15(20)21-4)11-6-5-7-12(17)8-11/h5-8,13H,9-10H2,1-4H3,(H,18,19)/t13-/m0/s1. The number of benzene rings is 1. The molecule has 0 saturated carbocycles. The van der Waals surface area contributed by atoms with Gasteiger partial charge in [-0.1, -0.05) is 48.8 Å². The lowest BCUT2D eigenvalue weighted by Crippen LogP contribution is -2.32. The normalized spacial score (nSPS) is 12.6. The Bertz CT molecular complexity index is 508. The highest BCUT2D eigenvalue weighted by molar-refractivity contribution is 9.10. The van der Waals surface area contributed by atoms with E-state index in [4.69, 9.17) is 4.74 Å². The van der Waals surface area contributed by atoms with Gasteiger partial charge in [0.15, 0.2) is 0 Å². The van der Waals surface area contributed by atoms with Crippen LogP contribution in [0.1, 0.15) is 45.2 Å². The molecule has 1 aromatic carbocycles. The number of hydrogen-bond donors (Lipinski definition) is 1. The van der Waals surface area contributed by atoms with Crippen molar-refractivity contribution in [2.45, 2.75) is 39.7 Å². The molecule has 4 nitrogen and oxygen atoms in total. The van der Waals surface area contributed by atoms with E-state index in [1.165, 1.54) is 7.11 Å². The fourth-order valence-electron chi connectivity index (χ4n) is 1.95. The second-order valence-corrected chi connectivity index (χ2v) is 7.11. The maximum atomic E-state index is 12.1. The minimum atomic E-state index is -0.384. The Morgan fingerprint density at radius 3 is 2.52 bits per heavy atom. The van der Waals surface area contributed by atoms with E-state index in [0.29, 0.717) is 6.42 Å². The van der Waals surface area contributed by atoms with Crippen LogP contribution in [0.2, 0.25) is 0 Å². The molecule has 0 bridgehead atoms. The van der Waals surface area contributed by atoms with Crippen molar-refractivity contribution >= 4 is 27.8 Å². The molecule has 0 fully saturated rings. The molecule has 0 spiro atoms. The zero-order chi connectivity index (χ0) is 16.0. The summed E-state index contributed by atoms with van der Waals surface area (Å²) in [5.41, 5.74) is 0.772. The number of methoxy groups -OCH3 is 1. The van der Waals surface area contributed by atoms with Crippen molar-refractivity contribution in [2.75, 3.05) is 7.11 Å². The van der Waals surface area contributed by atoms with Crippen LogP contribution in [0.3, 0.4) is 0 Å². The molecule has 0 aliphatic heterocycles. The van der Waals surface area contributed by atoms with Crippen LogP contribution in [0.15, 0.2) is 28.7 Å². The lowest BCUT2D eigenvalue weighted by molar-refractivity contribution is -0.141. The molecule has 0 saturated heterocycles. The number of hydrogen-bond acceptors (Lipinski definition) is 3. The van der Waals surface area contributed by atoms with Gasteiger partial charge in [-0.2, -0.15) is 0 Å². The maximum Gasteiger partial charge on any atom is 0.307 e. The van der Waals surface area contributed by atoms with Crippen molar-refractivity contribution < 1.29 is 14.3 Å². The first kappa shape index (κ1) is 17.7. The lowest BCUT2D eigenvalue weighted by Gasteiger charge is -2.22. The predicted octanol–water partition coefficient (Wildman–Crippen LogP) is 3.61. The molecular weight excluding hydrogens is 334 g/mol. The Labute approximate surface area is 134 Å². The lowest BCUT2D eigenvalue weighted by atomic mass is 9.91. The van der Waals surface area contributed by atoms with Crippen molar-refractivity contribution in [3.63, 3.8) is 0 Å². The summed E-state index contributed by atoms with van der Waals surface area (Å²) in [6.45, 7) is 6.00. The first-order chi connectivity index (χ1) is 9.71. The van der Waals surface area contributed by atoms with E-state index in [1.54, 1.807) is 0 Å². The third-order valence-electron chi connectivity index (χ3n) is 2.88. The van der Waals surface area contributed by atoms with Crippen LogP contribution in [0.5, 0.6) is 0 Å². The molecule has 1 rings (SSSR count). The monoisotopic (exact) mass is 355 g/mol. The van der Waals surface area contributed by atoms with Gasteiger partial charge in [0.1, 0.15) is 0 Å². The van der Waals surface area contributed by atoms with Gasteiger partial charge in [-0.05, 0) is 23.1 Å². The molecular formula is C16H22BrNO3. The van der Waals surface area contributed by atoms with Gasteiger partial charge in [0.05, 0.1) is 19.6 Å². The zero-order valence-electron chi connectivity index (χ0n) is 12.9. The van der Waals surface area contributed by atoms with Crippen molar-refractivity contribution in [3.8, 4) is 0 Å². The van der Waals surface area contributed by atoms with Crippen molar-refractivity contribution in [2.24, 2.45) is 5.41 Å². The summed E-state index contributed by atoms with van der Waals surface area (Å²) in [5.74, 6) is -0.424. The Morgan fingerprint density at radius 1 is 1.33 bits per heavy atom. The molecule has 21 heavy (non-hydrogen) atoms. The Hall–Kier alpha value is -1.36. The largest absolute Gasteiger partial charge is 0.469 e. The number of nitrogens with one attached hydrogen (secondary N) is 1. The van der Waals surface area contributed by atoms with Gasteiger partial charge >= 0.3 is 5.97 Å². The van der Waals surface area contributed by atoms with E-state index in [2.05, 4.69) is 21.2 Å². The summed E-state index contributed by atoms with van der Waals surface area (Å²) < 4.78 is 5.62. The van der Waals surface area contributed by atoms with Crippen LogP contribution >= 0.6 is 15.9 Å². The quantitative estimate of drug-likeness (QED) is 0.820. The van der Waals surface area contributed by atoms with E-state index >= 15 is 0 Å². The highest BCUT2D eigenvalue weighted by Gasteiger charge is 2.22. The summed E-state index contributed by atoms with van der Waals surface area (Å²) in [5, 5.41) is 2.92. The van der Waals surface area contributed by atoms with Crippen molar-refractivity contribution in [3.05, 3.63) is 34.3 Å². The van der Waals surface area contributed by atoms with Gasteiger partial charge in [0.25, 0.3) is 0 Å². The summed E-state index contributed by atoms with van der Waals surface area (Å²) in [7, 11) is 1.34. The summed E-state index contributed by atoms with van der Waals surface area (Å²) >= 11 is 3.40. The van der Waals surface area contributed by atoms with E-state index in [1.807, 2.05) is 45.0 Å². The zero-order valence-corrected chi connectivity index (χ0v) is 14.5. The van der Waals surface area contributed by atoms with E-state index in [-0.39, 0.29) is 29.8 Å². The van der Waals surface area contributed by atoms with Crippen LogP contribution in [0, 0.1) is 5.41 Å². The summed E-state index contributed by atoms with van der Waals surface area (Å²) in [6.07, 6.45) is 0.515. The number of ether oxygens (including phenoxy) is 1. The van der Waals surface area contributed by atoms with Crippen LogP contribution < -0.4 is 5.32 Å². The number of carbonyl (C=O) groups is 2. The van der Waals surface area contributed by atoms with Gasteiger partial charge in [-0.3, -0.25) is 9.59 Å². The van der Waals surface area contributed by atoms with Crippen LogP contribution in [-0.4, -0.2) is 19.0 Å². The average Bonchev–Trinajstić information content (AvgIpc) is 2.35. The van der Waals surface area contributed by atoms with Crippen LogP contribution in [0.4, 0.5) is 0 Å². The van der Waals surface area contributed by atoms with Gasteiger partial charge in [-0.15, -0.1) is 0 Å². The molecule has 0 aliphatic carbocycles. The molecule has 1 amide bonds. The van der Waals surface area contributed by atoms with Gasteiger partial charge in [0, 0.05) is 10.9 Å². The molecule has 1 aromatic rings. The molecule has 0 unspecified atom stereocenters. The fourth-order valence-corrected chi connectivity index (χ4v) is 2.37. The number of halogens is 1. The second kappa shape index (κ2) is 7.59. The highest BCUT2D eigenvalue weighted by atomic mass is 79.9. The molecule has 1 N–H and O–H groups in total. The number of amides is 1. The van der Waals surface area contributed by atoms with E-state index in [0.717, 1.165) is 10.0 Å². The Balaban J connectivity index is 2.87. The average molecular weight is 356 g/mol. The third kappa shape index (κ3) is 6.76. The van der Waals surface area contributed by atoms with E-state index < -0.39 is 0 Å². The molecule has 0 aliphatic rings. The second-order valence-electron chi connectivity index (χ2n) is 6.19. The first-order valence-corrected chi connectivity index (χ1v) is 7.62.